The lowest BCUT2D eigenvalue weighted by Gasteiger charge is -2.28. The monoisotopic (exact) mass is 328 g/mol. The Morgan fingerprint density at radius 3 is 2.54 bits per heavy atom. The molecule has 3 rings (SSSR count). The molecule has 1 atom stereocenters. The van der Waals surface area contributed by atoms with Crippen LogP contribution >= 0.6 is 0 Å². The summed E-state index contributed by atoms with van der Waals surface area (Å²) >= 11 is 0. The summed E-state index contributed by atoms with van der Waals surface area (Å²) in [5.74, 6) is -1.67. The summed E-state index contributed by atoms with van der Waals surface area (Å²) in [6.07, 6.45) is 2.37. The Hall–Kier alpha value is -2.40. The van der Waals surface area contributed by atoms with Gasteiger partial charge in [0.2, 0.25) is 0 Å². The van der Waals surface area contributed by atoms with Crippen LogP contribution in [0.1, 0.15) is 34.8 Å². The number of halogens is 1. The second-order valence-corrected chi connectivity index (χ2v) is 6.08. The summed E-state index contributed by atoms with van der Waals surface area (Å²) in [4.78, 5) is 13.5. The van der Waals surface area contributed by atoms with Crippen molar-refractivity contribution in [2.75, 3.05) is 25.0 Å². The molecule has 5 heteroatoms. The lowest BCUT2D eigenvalue weighted by atomic mass is 10.1. The van der Waals surface area contributed by atoms with Crippen molar-refractivity contribution in [2.24, 2.45) is 0 Å². The van der Waals surface area contributed by atoms with Crippen LogP contribution in [0.5, 0.6) is 0 Å². The molecule has 1 fully saturated rings. The molecule has 0 spiro atoms. The minimum Gasteiger partial charge on any atom is -0.478 e. The second kappa shape index (κ2) is 7.45. The molecule has 1 aliphatic heterocycles. The van der Waals surface area contributed by atoms with Crippen LogP contribution < -0.4 is 5.32 Å². The van der Waals surface area contributed by atoms with E-state index in [1.54, 1.807) is 0 Å². The van der Waals surface area contributed by atoms with Crippen molar-refractivity contribution in [2.45, 2.75) is 18.9 Å². The number of hydrogen-bond acceptors (Lipinski definition) is 3. The first-order chi connectivity index (χ1) is 11.6. The van der Waals surface area contributed by atoms with Gasteiger partial charge in [-0.15, -0.1) is 0 Å². The maximum atomic E-state index is 13.6. The van der Waals surface area contributed by atoms with Gasteiger partial charge >= 0.3 is 5.97 Å². The van der Waals surface area contributed by atoms with Crippen LogP contribution in [0.15, 0.2) is 48.5 Å². The number of aromatic carboxylic acids is 1. The van der Waals surface area contributed by atoms with Crippen LogP contribution in [0.25, 0.3) is 0 Å². The van der Waals surface area contributed by atoms with E-state index in [-0.39, 0.29) is 11.6 Å². The van der Waals surface area contributed by atoms with E-state index < -0.39 is 11.8 Å². The molecule has 0 aromatic heterocycles. The Balaban J connectivity index is 1.77. The average molecular weight is 328 g/mol. The highest BCUT2D eigenvalue weighted by molar-refractivity contribution is 5.88. The van der Waals surface area contributed by atoms with Crippen molar-refractivity contribution in [1.29, 1.82) is 0 Å². The molecule has 1 saturated heterocycles. The first-order valence-corrected chi connectivity index (χ1v) is 8.20. The zero-order valence-electron chi connectivity index (χ0n) is 13.4. The molecule has 2 aromatic carbocycles. The average Bonchev–Trinajstić information content (AvgIpc) is 3.10. The standard InChI is InChI=1S/C19H21FN2O2/c20-16-10-15(19(23)24)11-17(12-16)21-13-18(22-8-4-5-9-22)14-6-2-1-3-7-14/h1-3,6-7,10-12,18,21H,4-5,8-9,13H2,(H,23,24). The number of carbonyl (C=O) groups is 1. The van der Waals surface area contributed by atoms with Gasteiger partial charge in [-0.05, 0) is 49.7 Å². The molecule has 2 aromatic rings. The van der Waals surface area contributed by atoms with Gasteiger partial charge in [0.15, 0.2) is 0 Å². The van der Waals surface area contributed by atoms with Crippen LogP contribution in [0.3, 0.4) is 0 Å². The van der Waals surface area contributed by atoms with Crippen molar-refractivity contribution < 1.29 is 14.3 Å². The Bertz CT molecular complexity index is 700. The van der Waals surface area contributed by atoms with Crippen molar-refractivity contribution in [3.05, 3.63) is 65.5 Å². The molecule has 4 nitrogen and oxygen atoms in total. The number of anilines is 1. The Morgan fingerprint density at radius 2 is 1.88 bits per heavy atom. The van der Waals surface area contributed by atoms with Crippen LogP contribution in [0.2, 0.25) is 0 Å². The van der Waals surface area contributed by atoms with Crippen molar-refractivity contribution in [1.82, 2.24) is 4.90 Å². The molecule has 2 N–H and O–H groups in total. The molecule has 0 amide bonds. The molecule has 0 radical (unpaired) electrons. The van der Waals surface area contributed by atoms with Crippen LogP contribution in [-0.4, -0.2) is 35.6 Å². The predicted octanol–water partition coefficient (Wildman–Crippen LogP) is 3.77. The largest absolute Gasteiger partial charge is 0.478 e. The lowest BCUT2D eigenvalue weighted by Crippen LogP contribution is -2.31. The van der Waals surface area contributed by atoms with Gasteiger partial charge < -0.3 is 10.4 Å². The third-order valence-corrected chi connectivity index (χ3v) is 4.41. The van der Waals surface area contributed by atoms with E-state index in [1.807, 2.05) is 18.2 Å². The number of nitrogens with zero attached hydrogens (tertiary/aromatic N) is 1. The normalized spacial score (nSPS) is 16.0. The van der Waals surface area contributed by atoms with Crippen molar-refractivity contribution in [3.63, 3.8) is 0 Å². The van der Waals surface area contributed by atoms with Gasteiger partial charge in [0, 0.05) is 12.2 Å². The summed E-state index contributed by atoms with van der Waals surface area (Å²) in [5, 5.41) is 12.3. The van der Waals surface area contributed by atoms with Gasteiger partial charge in [0.05, 0.1) is 11.6 Å². The number of hydrogen-bond donors (Lipinski definition) is 2. The highest BCUT2D eigenvalue weighted by Crippen LogP contribution is 2.26. The quantitative estimate of drug-likeness (QED) is 0.847. The van der Waals surface area contributed by atoms with Crippen LogP contribution in [-0.2, 0) is 0 Å². The minimum atomic E-state index is -1.13. The number of rotatable bonds is 6. The maximum Gasteiger partial charge on any atom is 0.335 e. The first kappa shape index (κ1) is 16.5. The van der Waals surface area contributed by atoms with Gasteiger partial charge in [0.25, 0.3) is 0 Å². The fourth-order valence-corrected chi connectivity index (χ4v) is 3.22. The number of carboxylic acid groups (broad SMARTS) is 1. The summed E-state index contributed by atoms with van der Waals surface area (Å²) in [5.41, 5.74) is 1.66. The lowest BCUT2D eigenvalue weighted by molar-refractivity contribution is 0.0696. The Kier molecular flexibility index (Phi) is 5.11. The molecule has 126 valence electrons. The number of carboxylic acids is 1. The predicted molar refractivity (Wildman–Crippen MR) is 91.8 cm³/mol. The Morgan fingerprint density at radius 1 is 1.17 bits per heavy atom. The van der Waals surface area contributed by atoms with Gasteiger partial charge in [-0.25, -0.2) is 9.18 Å². The molecule has 1 aliphatic rings. The van der Waals surface area contributed by atoms with E-state index in [4.69, 9.17) is 5.11 Å². The highest BCUT2D eigenvalue weighted by Gasteiger charge is 2.23. The fourth-order valence-electron chi connectivity index (χ4n) is 3.22. The smallest absolute Gasteiger partial charge is 0.335 e. The van der Waals surface area contributed by atoms with Gasteiger partial charge in [0.1, 0.15) is 5.82 Å². The van der Waals surface area contributed by atoms with E-state index in [1.165, 1.54) is 30.5 Å². The van der Waals surface area contributed by atoms with Crippen LogP contribution in [0.4, 0.5) is 10.1 Å². The van der Waals surface area contributed by atoms with Crippen LogP contribution in [0, 0.1) is 5.82 Å². The maximum absolute atomic E-state index is 13.6. The zero-order chi connectivity index (χ0) is 16.9. The summed E-state index contributed by atoms with van der Waals surface area (Å²) in [6, 6.07) is 14.2. The summed E-state index contributed by atoms with van der Waals surface area (Å²) in [7, 11) is 0. The minimum absolute atomic E-state index is 0.0464. The molecule has 0 saturated carbocycles. The number of benzene rings is 2. The SMILES string of the molecule is O=C(O)c1cc(F)cc(NCC(c2ccccc2)N2CCCC2)c1. The van der Waals surface area contributed by atoms with Gasteiger partial charge in [-0.3, -0.25) is 4.90 Å². The highest BCUT2D eigenvalue weighted by atomic mass is 19.1. The second-order valence-electron chi connectivity index (χ2n) is 6.08. The van der Waals surface area contributed by atoms with Crippen molar-refractivity contribution in [3.8, 4) is 0 Å². The van der Waals surface area contributed by atoms with E-state index in [0.717, 1.165) is 19.2 Å². The van der Waals surface area contributed by atoms with E-state index >= 15 is 0 Å². The zero-order valence-corrected chi connectivity index (χ0v) is 13.4. The molecule has 1 heterocycles. The first-order valence-electron chi connectivity index (χ1n) is 8.20. The molecule has 0 bridgehead atoms. The number of nitrogens with one attached hydrogen (secondary N) is 1. The van der Waals surface area contributed by atoms with E-state index in [9.17, 15) is 9.18 Å². The topological polar surface area (TPSA) is 52.6 Å². The summed E-state index contributed by atoms with van der Waals surface area (Å²) < 4.78 is 13.6. The van der Waals surface area contributed by atoms with E-state index in [0.29, 0.717) is 12.2 Å². The number of likely N-dealkylation sites (tertiary alicyclic amines) is 1. The third kappa shape index (κ3) is 3.92. The molecule has 0 aliphatic carbocycles. The molecule has 1 unspecified atom stereocenters. The molecular weight excluding hydrogens is 307 g/mol. The van der Waals surface area contributed by atoms with E-state index in [2.05, 4.69) is 22.3 Å². The molecule has 24 heavy (non-hydrogen) atoms. The fraction of sp³-hybridized carbons (Fsp3) is 0.316. The van der Waals surface area contributed by atoms with Crippen molar-refractivity contribution >= 4 is 11.7 Å². The molecular formula is C19H21FN2O2. The third-order valence-electron chi connectivity index (χ3n) is 4.41. The summed E-state index contributed by atoms with van der Waals surface area (Å²) in [6.45, 7) is 2.70. The van der Waals surface area contributed by atoms with Gasteiger partial charge in [-0.2, -0.15) is 0 Å². The Labute approximate surface area is 140 Å². The van der Waals surface area contributed by atoms with Gasteiger partial charge in [-0.1, -0.05) is 30.3 Å².